The summed E-state index contributed by atoms with van der Waals surface area (Å²) in [6.45, 7) is 1.17. The number of fused-ring (bicyclic) bond motifs is 2. The maximum absolute atomic E-state index is 13.9. The minimum Gasteiger partial charge on any atom is -0.477 e. The van der Waals surface area contributed by atoms with Gasteiger partial charge >= 0.3 is 11.9 Å². The van der Waals surface area contributed by atoms with Crippen molar-refractivity contribution < 1.29 is 14.7 Å². The van der Waals surface area contributed by atoms with Gasteiger partial charge in [-0.1, -0.05) is 29.8 Å². The summed E-state index contributed by atoms with van der Waals surface area (Å²) in [5.74, 6) is -1.06. The van der Waals surface area contributed by atoms with E-state index in [0.29, 0.717) is 23.6 Å². The van der Waals surface area contributed by atoms with E-state index in [-0.39, 0.29) is 16.9 Å². The van der Waals surface area contributed by atoms with Gasteiger partial charge in [-0.2, -0.15) is 4.48 Å². The van der Waals surface area contributed by atoms with Gasteiger partial charge in [-0.3, -0.25) is 0 Å². The minimum atomic E-state index is -1.01. The number of amides is 1. The number of nitrogens with one attached hydrogen (secondary N) is 1. The van der Waals surface area contributed by atoms with E-state index in [1.54, 1.807) is 24.3 Å². The molecule has 0 bridgehead atoms. The summed E-state index contributed by atoms with van der Waals surface area (Å²) in [6, 6.07) is 14.6. The number of benzene rings is 2. The molecule has 1 atom stereocenters. The van der Waals surface area contributed by atoms with Crippen LogP contribution in [-0.4, -0.2) is 36.6 Å². The lowest BCUT2D eigenvalue weighted by Gasteiger charge is -2.35. The van der Waals surface area contributed by atoms with Crippen LogP contribution >= 0.6 is 11.6 Å². The molecule has 0 radical (unpaired) electrons. The van der Waals surface area contributed by atoms with Crippen molar-refractivity contribution in [3.63, 3.8) is 0 Å². The number of quaternary nitrogens is 1. The molecule has 1 fully saturated rings. The Morgan fingerprint density at radius 1 is 1.12 bits per heavy atom. The number of carboxylic acid groups (broad SMARTS) is 1. The molecule has 2 aromatic carbocycles. The Morgan fingerprint density at radius 2 is 1.77 bits per heavy atom. The SMILES string of the molecule is O=C(O)C[N+]1(c2ccc(Cl)cc2)C(=O)C2(CCNCC2)c2ccccc21. The van der Waals surface area contributed by atoms with Gasteiger partial charge in [0.1, 0.15) is 16.8 Å². The molecular weight excluding hydrogens is 352 g/mol. The monoisotopic (exact) mass is 371 g/mol. The zero-order chi connectivity index (χ0) is 18.4. The number of piperidine rings is 1. The van der Waals surface area contributed by atoms with Crippen LogP contribution in [0.15, 0.2) is 48.5 Å². The predicted molar refractivity (Wildman–Crippen MR) is 101 cm³/mol. The van der Waals surface area contributed by atoms with E-state index < -0.39 is 11.4 Å². The van der Waals surface area contributed by atoms with Gasteiger partial charge in [0, 0.05) is 28.8 Å². The van der Waals surface area contributed by atoms with E-state index in [1.165, 1.54) is 0 Å². The van der Waals surface area contributed by atoms with E-state index >= 15 is 0 Å². The highest BCUT2D eigenvalue weighted by molar-refractivity contribution is 6.30. The van der Waals surface area contributed by atoms with E-state index in [0.717, 1.165) is 24.3 Å². The molecule has 4 rings (SSSR count). The molecule has 134 valence electrons. The molecule has 0 saturated carbocycles. The lowest BCUT2D eigenvalue weighted by molar-refractivity contribution is -0.143. The van der Waals surface area contributed by atoms with Crippen molar-refractivity contribution in [3.05, 3.63) is 59.1 Å². The second-order valence-electron chi connectivity index (χ2n) is 6.99. The molecule has 1 spiro atoms. The molecule has 1 saturated heterocycles. The summed E-state index contributed by atoms with van der Waals surface area (Å²) >= 11 is 6.03. The number of halogens is 1. The molecule has 0 aliphatic carbocycles. The Bertz CT molecular complexity index is 875. The molecule has 2 N–H and O–H groups in total. The number of hydrogen-bond donors (Lipinski definition) is 2. The summed E-state index contributed by atoms with van der Waals surface area (Å²) in [5, 5.41) is 13.5. The van der Waals surface area contributed by atoms with Gasteiger partial charge in [0.2, 0.25) is 0 Å². The first-order valence-electron chi connectivity index (χ1n) is 8.72. The maximum Gasteiger partial charge on any atom is 0.360 e. The molecule has 2 heterocycles. The zero-order valence-electron chi connectivity index (χ0n) is 14.2. The molecule has 6 heteroatoms. The number of aliphatic carboxylic acids is 1. The number of nitrogens with zero attached hydrogens (tertiary/aromatic N) is 1. The second kappa shape index (κ2) is 6.20. The standard InChI is InChI=1S/C20H19ClN2O3/c21-14-5-7-15(8-6-14)23(13-18(24)25)17-4-2-1-3-16(17)20(19(23)26)9-11-22-12-10-20/h1-8,22H,9-13H2/p+1. The number of rotatable bonds is 3. The van der Waals surface area contributed by atoms with Crippen LogP contribution in [0.1, 0.15) is 18.4 Å². The Labute approximate surface area is 156 Å². The van der Waals surface area contributed by atoms with Crippen LogP contribution < -0.4 is 9.80 Å². The third-order valence-corrected chi connectivity index (χ3v) is 5.94. The van der Waals surface area contributed by atoms with Gasteiger partial charge < -0.3 is 10.4 Å². The Hall–Kier alpha value is -2.21. The molecule has 2 aliphatic rings. The summed E-state index contributed by atoms with van der Waals surface area (Å²) in [5.41, 5.74) is 1.73. The molecule has 26 heavy (non-hydrogen) atoms. The van der Waals surface area contributed by atoms with Gasteiger partial charge in [0.15, 0.2) is 6.54 Å². The fourth-order valence-electron chi connectivity index (χ4n) is 4.54. The van der Waals surface area contributed by atoms with Crippen LogP contribution in [0.3, 0.4) is 0 Å². The predicted octanol–water partition coefficient (Wildman–Crippen LogP) is 3.23. The number of hydrogen-bond acceptors (Lipinski definition) is 3. The molecule has 5 nitrogen and oxygen atoms in total. The van der Waals surface area contributed by atoms with Crippen LogP contribution in [0, 0.1) is 0 Å². The minimum absolute atomic E-state index is 0.0510. The van der Waals surface area contributed by atoms with E-state index in [2.05, 4.69) is 5.32 Å². The van der Waals surface area contributed by atoms with Gasteiger partial charge in [-0.25, -0.2) is 9.59 Å². The van der Waals surface area contributed by atoms with Gasteiger partial charge in [0.25, 0.3) is 0 Å². The summed E-state index contributed by atoms with van der Waals surface area (Å²) in [7, 11) is 0. The Balaban J connectivity index is 2.00. The number of para-hydroxylation sites is 1. The van der Waals surface area contributed by atoms with Crippen molar-refractivity contribution in [2.75, 3.05) is 19.6 Å². The van der Waals surface area contributed by atoms with E-state index in [9.17, 15) is 14.7 Å². The van der Waals surface area contributed by atoms with Gasteiger partial charge in [-0.05, 0) is 38.1 Å². The van der Waals surface area contributed by atoms with Crippen LogP contribution in [0.2, 0.25) is 5.02 Å². The lowest BCUT2D eigenvalue weighted by atomic mass is 9.74. The first-order valence-corrected chi connectivity index (χ1v) is 9.10. The second-order valence-corrected chi connectivity index (χ2v) is 7.43. The highest BCUT2D eigenvalue weighted by Gasteiger charge is 2.63. The molecule has 2 aliphatic heterocycles. The summed E-state index contributed by atoms with van der Waals surface area (Å²) in [4.78, 5) is 25.8. The fraction of sp³-hybridized carbons (Fsp3) is 0.300. The average Bonchev–Trinajstić information content (AvgIpc) is 2.84. The van der Waals surface area contributed by atoms with Crippen molar-refractivity contribution in [1.82, 2.24) is 9.80 Å². The first kappa shape index (κ1) is 17.2. The third-order valence-electron chi connectivity index (χ3n) is 5.68. The third kappa shape index (κ3) is 2.31. The molecule has 0 aromatic heterocycles. The van der Waals surface area contributed by atoms with Crippen LogP contribution in [-0.2, 0) is 15.0 Å². The van der Waals surface area contributed by atoms with E-state index in [4.69, 9.17) is 11.6 Å². The number of carboxylic acids is 1. The van der Waals surface area contributed by atoms with Crippen molar-refractivity contribution in [2.45, 2.75) is 18.3 Å². The van der Waals surface area contributed by atoms with Crippen LogP contribution in [0.5, 0.6) is 0 Å². The molecule has 2 aromatic rings. The smallest absolute Gasteiger partial charge is 0.360 e. The van der Waals surface area contributed by atoms with Gasteiger partial charge in [0.05, 0.1) is 0 Å². The van der Waals surface area contributed by atoms with Crippen LogP contribution in [0.4, 0.5) is 11.4 Å². The average molecular weight is 372 g/mol. The van der Waals surface area contributed by atoms with Crippen molar-refractivity contribution in [2.24, 2.45) is 0 Å². The summed E-state index contributed by atoms with van der Waals surface area (Å²) < 4.78 is -0.289. The van der Waals surface area contributed by atoms with Crippen LogP contribution in [0.25, 0.3) is 0 Å². The largest absolute Gasteiger partial charge is 0.477 e. The van der Waals surface area contributed by atoms with Gasteiger partial charge in [-0.15, -0.1) is 0 Å². The summed E-state index contributed by atoms with van der Waals surface area (Å²) in [6.07, 6.45) is 1.35. The zero-order valence-corrected chi connectivity index (χ0v) is 15.0. The van der Waals surface area contributed by atoms with Crippen molar-refractivity contribution in [3.8, 4) is 0 Å². The van der Waals surface area contributed by atoms with E-state index in [1.807, 2.05) is 24.3 Å². The highest BCUT2D eigenvalue weighted by atomic mass is 35.5. The maximum atomic E-state index is 13.9. The topological polar surface area (TPSA) is 66.4 Å². The molecule has 1 amide bonds. The number of carbonyl (C=O) groups is 2. The normalized spacial score (nSPS) is 23.8. The quantitative estimate of drug-likeness (QED) is 0.813. The Kier molecular flexibility index (Phi) is 4.10. The van der Waals surface area contributed by atoms with Crippen molar-refractivity contribution >= 4 is 34.9 Å². The Morgan fingerprint density at radius 3 is 2.42 bits per heavy atom. The van der Waals surface area contributed by atoms with Crippen molar-refractivity contribution in [1.29, 1.82) is 0 Å². The number of carbonyl (C=O) groups excluding carboxylic acids is 1. The highest BCUT2D eigenvalue weighted by Crippen LogP contribution is 2.54. The fourth-order valence-corrected chi connectivity index (χ4v) is 4.67. The lowest BCUT2D eigenvalue weighted by Crippen LogP contribution is -2.57. The molecule has 1 unspecified atom stereocenters. The molecular formula is C20H20ClN2O3+. The first-order chi connectivity index (χ1) is 12.5.